The van der Waals surface area contributed by atoms with Gasteiger partial charge in [-0.05, 0) is 61.8 Å². The minimum atomic E-state index is -4.51. The number of rotatable bonds is 6. The van der Waals surface area contributed by atoms with Crippen molar-refractivity contribution in [3.63, 3.8) is 0 Å². The fourth-order valence-corrected chi connectivity index (χ4v) is 4.21. The highest BCUT2D eigenvalue weighted by atomic mass is 35.5. The van der Waals surface area contributed by atoms with E-state index in [1.54, 1.807) is 42.0 Å². The average Bonchev–Trinajstić information content (AvgIpc) is 3.26. The summed E-state index contributed by atoms with van der Waals surface area (Å²) in [6, 6.07) is 7.85. The summed E-state index contributed by atoms with van der Waals surface area (Å²) in [6.07, 6.45) is -1.79. The number of benzene rings is 1. The molecule has 0 aliphatic carbocycles. The van der Waals surface area contributed by atoms with Crippen LogP contribution in [-0.4, -0.2) is 53.4 Å². The monoisotopic (exact) mass is 491 g/mol. The Bertz CT molecular complexity index is 1400. The van der Waals surface area contributed by atoms with Gasteiger partial charge >= 0.3 is 11.9 Å². The summed E-state index contributed by atoms with van der Waals surface area (Å²) in [7, 11) is 0. The van der Waals surface area contributed by atoms with E-state index in [-0.39, 0.29) is 17.5 Å². The van der Waals surface area contributed by atoms with Crippen LogP contribution in [-0.2, 0) is 19.3 Å². The van der Waals surface area contributed by atoms with Crippen molar-refractivity contribution in [1.29, 1.82) is 0 Å². The molecule has 4 heterocycles. The van der Waals surface area contributed by atoms with Crippen molar-refractivity contribution in [2.24, 2.45) is 0 Å². The lowest BCUT2D eigenvalue weighted by Gasteiger charge is -2.30. The molecule has 34 heavy (non-hydrogen) atoms. The number of fused-ring (bicyclic) bond motifs is 1. The summed E-state index contributed by atoms with van der Waals surface area (Å²) >= 11 is 6.01. The zero-order chi connectivity index (χ0) is 24.0. The molecule has 1 aromatic carbocycles. The maximum Gasteiger partial charge on any atom is 0.435 e. The number of alkyl halides is 3. The van der Waals surface area contributed by atoms with E-state index >= 15 is 0 Å². The van der Waals surface area contributed by atoms with Crippen LogP contribution in [0.15, 0.2) is 41.3 Å². The molecule has 0 amide bonds. The predicted octanol–water partition coefficient (Wildman–Crippen LogP) is 3.51. The Morgan fingerprint density at radius 3 is 2.44 bits per heavy atom. The SMILES string of the molecule is Cc1cc(C(F)(F)F)nn1-c1ccc(Cn2c(=O)n(CCN3CCC3)c3cnc(Cl)nc32)cc1. The summed E-state index contributed by atoms with van der Waals surface area (Å²) in [5.41, 5.74) is 1.54. The number of hydrogen-bond acceptors (Lipinski definition) is 5. The van der Waals surface area contributed by atoms with Crippen LogP contribution in [0.25, 0.3) is 16.9 Å². The van der Waals surface area contributed by atoms with Crippen LogP contribution in [0, 0.1) is 6.92 Å². The summed E-state index contributed by atoms with van der Waals surface area (Å²) in [6.45, 7) is 5.14. The molecule has 0 N–H and O–H groups in total. The molecule has 1 saturated heterocycles. The van der Waals surface area contributed by atoms with E-state index in [2.05, 4.69) is 20.0 Å². The fourth-order valence-electron chi connectivity index (χ4n) is 4.08. The Labute approximate surface area is 197 Å². The van der Waals surface area contributed by atoms with Crippen LogP contribution >= 0.6 is 11.6 Å². The molecule has 8 nitrogen and oxygen atoms in total. The van der Waals surface area contributed by atoms with Gasteiger partial charge in [-0.1, -0.05) is 12.1 Å². The largest absolute Gasteiger partial charge is 0.435 e. The van der Waals surface area contributed by atoms with Crippen LogP contribution in [0.1, 0.15) is 23.4 Å². The highest BCUT2D eigenvalue weighted by Gasteiger charge is 2.34. The molecule has 0 bridgehead atoms. The van der Waals surface area contributed by atoms with E-state index in [0.29, 0.717) is 29.1 Å². The van der Waals surface area contributed by atoms with Crippen molar-refractivity contribution in [1.82, 2.24) is 33.8 Å². The number of aromatic nitrogens is 6. The average molecular weight is 492 g/mol. The zero-order valence-corrected chi connectivity index (χ0v) is 19.0. The van der Waals surface area contributed by atoms with Gasteiger partial charge < -0.3 is 4.90 Å². The van der Waals surface area contributed by atoms with Crippen molar-refractivity contribution >= 4 is 22.8 Å². The quantitative estimate of drug-likeness (QED) is 0.386. The topological polar surface area (TPSA) is 73.8 Å². The van der Waals surface area contributed by atoms with Crippen molar-refractivity contribution in [3.05, 3.63) is 69.2 Å². The summed E-state index contributed by atoms with van der Waals surface area (Å²) in [5.74, 6) is 0. The molecular weight excluding hydrogens is 471 g/mol. The maximum absolute atomic E-state index is 13.2. The fraction of sp³-hybridized carbons (Fsp3) is 0.364. The van der Waals surface area contributed by atoms with E-state index in [9.17, 15) is 18.0 Å². The van der Waals surface area contributed by atoms with E-state index in [4.69, 9.17) is 11.6 Å². The second-order valence-corrected chi connectivity index (χ2v) is 8.65. The predicted molar refractivity (Wildman–Crippen MR) is 120 cm³/mol. The highest BCUT2D eigenvalue weighted by molar-refractivity contribution is 6.28. The van der Waals surface area contributed by atoms with Crippen molar-refractivity contribution in [2.75, 3.05) is 19.6 Å². The van der Waals surface area contributed by atoms with Gasteiger partial charge in [0.2, 0.25) is 5.28 Å². The Morgan fingerprint density at radius 1 is 1.09 bits per heavy atom. The molecule has 178 valence electrons. The molecule has 1 aliphatic rings. The van der Waals surface area contributed by atoms with Gasteiger partial charge in [0.25, 0.3) is 0 Å². The number of imidazole rings is 1. The smallest absolute Gasteiger partial charge is 0.301 e. The molecule has 0 atom stereocenters. The molecule has 1 aliphatic heterocycles. The molecule has 4 aromatic rings. The highest BCUT2D eigenvalue weighted by Crippen LogP contribution is 2.29. The third-order valence-corrected chi connectivity index (χ3v) is 6.20. The lowest BCUT2D eigenvalue weighted by atomic mass is 10.2. The van der Waals surface area contributed by atoms with Crippen LogP contribution < -0.4 is 5.69 Å². The van der Waals surface area contributed by atoms with Crippen molar-refractivity contribution in [2.45, 2.75) is 32.6 Å². The molecule has 1 fully saturated rings. The van der Waals surface area contributed by atoms with Gasteiger partial charge in [0.05, 0.1) is 18.4 Å². The Morgan fingerprint density at radius 2 is 1.82 bits per heavy atom. The number of hydrogen-bond donors (Lipinski definition) is 0. The van der Waals surface area contributed by atoms with Crippen LogP contribution in [0.4, 0.5) is 13.2 Å². The third-order valence-electron chi connectivity index (χ3n) is 6.02. The third kappa shape index (κ3) is 4.21. The first-order valence-electron chi connectivity index (χ1n) is 10.8. The standard InChI is InChI=1S/C22H21ClF3N7O/c1-14-11-18(22(24,25)26)29-33(14)16-5-3-15(4-6-16)13-32-19-17(12-27-20(23)28-19)31(21(32)34)10-9-30-7-2-8-30/h3-6,11-12H,2,7-10,13H2,1H3. The zero-order valence-electron chi connectivity index (χ0n) is 18.3. The Balaban J connectivity index is 1.44. The minimum absolute atomic E-state index is 0.0473. The molecule has 0 saturated carbocycles. The lowest BCUT2D eigenvalue weighted by Crippen LogP contribution is -2.40. The molecule has 0 unspecified atom stereocenters. The summed E-state index contributed by atoms with van der Waals surface area (Å²) in [4.78, 5) is 23.8. The number of likely N-dealkylation sites (tertiary alicyclic amines) is 1. The van der Waals surface area contributed by atoms with Crippen molar-refractivity contribution in [3.8, 4) is 5.69 Å². The molecule has 0 radical (unpaired) electrons. The molecule has 3 aromatic heterocycles. The first-order chi connectivity index (χ1) is 16.2. The Hall–Kier alpha value is -3.18. The normalized spacial score (nSPS) is 14.6. The molecule has 0 spiro atoms. The van der Waals surface area contributed by atoms with Crippen LogP contribution in [0.2, 0.25) is 5.28 Å². The van der Waals surface area contributed by atoms with Gasteiger partial charge in [0.15, 0.2) is 11.3 Å². The maximum atomic E-state index is 13.2. The number of nitrogens with zero attached hydrogens (tertiary/aromatic N) is 7. The van der Waals surface area contributed by atoms with Gasteiger partial charge in [0, 0.05) is 18.8 Å². The minimum Gasteiger partial charge on any atom is -0.301 e. The Kier molecular flexibility index (Phi) is 5.68. The van der Waals surface area contributed by atoms with Crippen LogP contribution in [0.5, 0.6) is 0 Å². The molecule has 5 rings (SSSR count). The second-order valence-electron chi connectivity index (χ2n) is 8.31. The van der Waals surface area contributed by atoms with Crippen molar-refractivity contribution < 1.29 is 13.2 Å². The lowest BCUT2D eigenvalue weighted by molar-refractivity contribution is -0.141. The van der Waals surface area contributed by atoms with Gasteiger partial charge in [-0.2, -0.15) is 23.3 Å². The summed E-state index contributed by atoms with van der Waals surface area (Å²) in [5, 5.41) is 3.72. The van der Waals surface area contributed by atoms with Gasteiger partial charge in [-0.15, -0.1) is 0 Å². The second kappa shape index (κ2) is 8.55. The van der Waals surface area contributed by atoms with Gasteiger partial charge in [0.1, 0.15) is 5.52 Å². The summed E-state index contributed by atoms with van der Waals surface area (Å²) < 4.78 is 43.4. The van der Waals surface area contributed by atoms with Crippen LogP contribution in [0.3, 0.4) is 0 Å². The van der Waals surface area contributed by atoms with E-state index < -0.39 is 11.9 Å². The van der Waals surface area contributed by atoms with E-state index in [0.717, 1.165) is 31.3 Å². The number of aryl methyl sites for hydroxylation is 1. The van der Waals surface area contributed by atoms with Gasteiger partial charge in [-0.25, -0.2) is 14.5 Å². The van der Waals surface area contributed by atoms with E-state index in [1.807, 2.05) is 0 Å². The first-order valence-corrected chi connectivity index (χ1v) is 11.2. The van der Waals surface area contributed by atoms with E-state index in [1.165, 1.54) is 15.7 Å². The number of halogens is 4. The van der Waals surface area contributed by atoms with Gasteiger partial charge in [-0.3, -0.25) is 9.13 Å². The molecule has 12 heteroatoms. The first kappa shape index (κ1) is 22.6. The molecular formula is C22H21ClF3N7O.